The number of likely N-dealkylation sites (tertiary alicyclic amines) is 1. The molecular formula is C22H28N2O2S. The summed E-state index contributed by atoms with van der Waals surface area (Å²) in [4.78, 5) is 18.3. The van der Waals surface area contributed by atoms with Gasteiger partial charge < -0.3 is 14.5 Å². The van der Waals surface area contributed by atoms with Crippen LogP contribution in [-0.4, -0.2) is 48.0 Å². The van der Waals surface area contributed by atoms with Crippen LogP contribution in [0.4, 0.5) is 0 Å². The standard InChI is InChI=1S/C22H28N2O2S/c1-3-24-12-10-22(11-13-24)9-8-17-15-18(6-7-20(17)26-22)21(25)23(2)16-19-5-4-14-27-19/h4-7,14-15H,3,8-13,16H2,1-2H3. The van der Waals surface area contributed by atoms with Crippen LogP contribution in [0.1, 0.15) is 47.0 Å². The van der Waals surface area contributed by atoms with E-state index in [1.807, 2.05) is 36.7 Å². The second kappa shape index (κ2) is 7.64. The maximum absolute atomic E-state index is 12.8. The Kier molecular flexibility index (Phi) is 5.24. The summed E-state index contributed by atoms with van der Waals surface area (Å²) in [7, 11) is 1.87. The average Bonchev–Trinajstić information content (AvgIpc) is 3.20. The molecule has 4 rings (SSSR count). The molecule has 144 valence electrons. The van der Waals surface area contributed by atoms with Gasteiger partial charge in [0.1, 0.15) is 11.4 Å². The van der Waals surface area contributed by atoms with Crippen molar-refractivity contribution in [2.45, 2.75) is 44.8 Å². The van der Waals surface area contributed by atoms with Crippen LogP contribution in [0.2, 0.25) is 0 Å². The first-order valence-electron chi connectivity index (χ1n) is 9.91. The van der Waals surface area contributed by atoms with Gasteiger partial charge in [-0.1, -0.05) is 13.0 Å². The Labute approximate surface area is 165 Å². The van der Waals surface area contributed by atoms with E-state index < -0.39 is 0 Å². The Balaban J connectivity index is 1.45. The zero-order valence-electron chi connectivity index (χ0n) is 16.2. The molecule has 2 aliphatic heterocycles. The van der Waals surface area contributed by atoms with Crippen LogP contribution < -0.4 is 4.74 Å². The highest BCUT2D eigenvalue weighted by Gasteiger charge is 2.39. The van der Waals surface area contributed by atoms with E-state index in [4.69, 9.17) is 4.74 Å². The highest BCUT2D eigenvalue weighted by atomic mass is 32.1. The van der Waals surface area contributed by atoms with Crippen molar-refractivity contribution >= 4 is 17.2 Å². The smallest absolute Gasteiger partial charge is 0.253 e. The van der Waals surface area contributed by atoms with Crippen LogP contribution in [0, 0.1) is 0 Å². The van der Waals surface area contributed by atoms with Crippen molar-refractivity contribution in [3.63, 3.8) is 0 Å². The first-order valence-corrected chi connectivity index (χ1v) is 10.8. The van der Waals surface area contributed by atoms with Gasteiger partial charge in [0.2, 0.25) is 0 Å². The van der Waals surface area contributed by atoms with E-state index in [0.29, 0.717) is 6.54 Å². The van der Waals surface area contributed by atoms with E-state index in [9.17, 15) is 4.79 Å². The highest BCUT2D eigenvalue weighted by Crippen LogP contribution is 2.39. The maximum atomic E-state index is 12.8. The Bertz CT molecular complexity index is 795. The van der Waals surface area contributed by atoms with Crippen LogP contribution in [-0.2, 0) is 13.0 Å². The summed E-state index contributed by atoms with van der Waals surface area (Å²) in [6.07, 6.45) is 4.26. The average molecular weight is 385 g/mol. The number of hydrogen-bond acceptors (Lipinski definition) is 4. The molecule has 1 aromatic carbocycles. The Morgan fingerprint density at radius 1 is 1.26 bits per heavy atom. The van der Waals surface area contributed by atoms with Crippen molar-refractivity contribution in [2.75, 3.05) is 26.7 Å². The number of rotatable bonds is 4. The van der Waals surface area contributed by atoms with E-state index >= 15 is 0 Å². The first-order chi connectivity index (χ1) is 13.1. The minimum atomic E-state index is 0.000157. The molecule has 1 spiro atoms. The molecule has 0 atom stereocenters. The second-order valence-electron chi connectivity index (χ2n) is 7.78. The molecular weight excluding hydrogens is 356 g/mol. The lowest BCUT2D eigenvalue weighted by atomic mass is 9.83. The molecule has 0 unspecified atom stereocenters. The molecule has 0 radical (unpaired) electrons. The molecule has 1 amide bonds. The molecule has 0 bridgehead atoms. The lowest BCUT2D eigenvalue weighted by Crippen LogP contribution is -2.49. The van der Waals surface area contributed by atoms with E-state index in [1.54, 1.807) is 16.2 Å². The lowest BCUT2D eigenvalue weighted by molar-refractivity contribution is -0.0132. The fourth-order valence-electron chi connectivity index (χ4n) is 4.21. The van der Waals surface area contributed by atoms with Crippen molar-refractivity contribution in [2.24, 2.45) is 0 Å². The Morgan fingerprint density at radius 3 is 2.78 bits per heavy atom. The summed E-state index contributed by atoms with van der Waals surface area (Å²) < 4.78 is 6.48. The van der Waals surface area contributed by atoms with E-state index in [2.05, 4.69) is 17.9 Å². The molecule has 3 heterocycles. The quantitative estimate of drug-likeness (QED) is 0.792. The SMILES string of the molecule is CCN1CCC2(CCc3cc(C(=O)N(C)Cc4cccs4)ccc3O2)CC1. The van der Waals surface area contributed by atoms with Crippen molar-refractivity contribution in [3.05, 3.63) is 51.7 Å². The third-order valence-corrected chi connectivity index (χ3v) is 6.88. The molecule has 5 heteroatoms. The molecule has 1 fully saturated rings. The maximum Gasteiger partial charge on any atom is 0.253 e. The van der Waals surface area contributed by atoms with Crippen molar-refractivity contribution in [1.29, 1.82) is 0 Å². The fraction of sp³-hybridized carbons (Fsp3) is 0.500. The molecule has 2 aromatic rings. The minimum Gasteiger partial charge on any atom is -0.487 e. The van der Waals surface area contributed by atoms with Crippen LogP contribution in [0.5, 0.6) is 5.75 Å². The lowest BCUT2D eigenvalue weighted by Gasteiger charge is -2.44. The number of ether oxygens (including phenoxy) is 1. The largest absolute Gasteiger partial charge is 0.487 e. The number of piperidine rings is 1. The van der Waals surface area contributed by atoms with Gasteiger partial charge >= 0.3 is 0 Å². The number of carbonyl (C=O) groups is 1. The van der Waals surface area contributed by atoms with Gasteiger partial charge in [-0.2, -0.15) is 0 Å². The molecule has 1 saturated heterocycles. The van der Waals surface area contributed by atoms with Crippen molar-refractivity contribution in [3.8, 4) is 5.75 Å². The number of carbonyl (C=O) groups excluding carboxylic acids is 1. The van der Waals surface area contributed by atoms with Gasteiger partial charge in [-0.15, -0.1) is 11.3 Å². The Morgan fingerprint density at radius 2 is 2.07 bits per heavy atom. The molecule has 27 heavy (non-hydrogen) atoms. The molecule has 0 aliphatic carbocycles. The number of fused-ring (bicyclic) bond motifs is 1. The van der Waals surface area contributed by atoms with Gasteiger partial charge in [-0.05, 0) is 67.4 Å². The first kappa shape index (κ1) is 18.5. The number of thiophene rings is 1. The predicted molar refractivity (Wildman–Crippen MR) is 110 cm³/mol. The highest BCUT2D eigenvalue weighted by molar-refractivity contribution is 7.09. The van der Waals surface area contributed by atoms with Crippen LogP contribution in [0.15, 0.2) is 35.7 Å². The second-order valence-corrected chi connectivity index (χ2v) is 8.81. The predicted octanol–water partition coefficient (Wildman–Crippen LogP) is 4.20. The Hall–Kier alpha value is -1.85. The van der Waals surface area contributed by atoms with Crippen molar-refractivity contribution in [1.82, 2.24) is 9.80 Å². The summed E-state index contributed by atoms with van der Waals surface area (Å²) in [5, 5.41) is 2.05. The number of nitrogens with zero attached hydrogens (tertiary/aromatic N) is 2. The summed E-state index contributed by atoms with van der Waals surface area (Å²) in [6.45, 7) is 6.24. The van der Waals surface area contributed by atoms with Gasteiger partial charge in [0.25, 0.3) is 5.91 Å². The van der Waals surface area contributed by atoms with Crippen molar-refractivity contribution < 1.29 is 9.53 Å². The number of aryl methyl sites for hydroxylation is 1. The monoisotopic (exact) mass is 384 g/mol. The summed E-state index contributed by atoms with van der Waals surface area (Å²) in [5.41, 5.74) is 1.93. The van der Waals surface area contributed by atoms with Gasteiger partial charge in [0, 0.05) is 30.6 Å². The number of hydrogen-bond donors (Lipinski definition) is 0. The third-order valence-electron chi connectivity index (χ3n) is 6.02. The molecule has 0 saturated carbocycles. The molecule has 4 nitrogen and oxygen atoms in total. The zero-order chi connectivity index (χ0) is 18.9. The van der Waals surface area contributed by atoms with Gasteiger partial charge in [0.05, 0.1) is 6.54 Å². The molecule has 1 aromatic heterocycles. The minimum absolute atomic E-state index is 0.000157. The van der Waals surface area contributed by atoms with Gasteiger partial charge in [-0.3, -0.25) is 4.79 Å². The summed E-state index contributed by atoms with van der Waals surface area (Å²) in [5.74, 6) is 1.05. The van der Waals surface area contributed by atoms with Crippen LogP contribution >= 0.6 is 11.3 Å². The third kappa shape index (κ3) is 3.90. The topological polar surface area (TPSA) is 32.8 Å². The zero-order valence-corrected chi connectivity index (χ0v) is 17.1. The summed E-state index contributed by atoms with van der Waals surface area (Å²) in [6, 6.07) is 10.1. The van der Waals surface area contributed by atoms with E-state index in [-0.39, 0.29) is 11.5 Å². The summed E-state index contributed by atoms with van der Waals surface area (Å²) >= 11 is 1.68. The number of amides is 1. The van der Waals surface area contributed by atoms with Gasteiger partial charge in [-0.25, -0.2) is 0 Å². The normalized spacial score (nSPS) is 18.7. The number of benzene rings is 1. The van der Waals surface area contributed by atoms with Crippen LogP contribution in [0.3, 0.4) is 0 Å². The van der Waals surface area contributed by atoms with Gasteiger partial charge in [0.15, 0.2) is 0 Å². The van der Waals surface area contributed by atoms with E-state index in [0.717, 1.165) is 56.6 Å². The molecule has 2 aliphatic rings. The molecule has 0 N–H and O–H groups in total. The van der Waals surface area contributed by atoms with Crippen LogP contribution in [0.25, 0.3) is 0 Å². The fourth-order valence-corrected chi connectivity index (χ4v) is 4.97. The van der Waals surface area contributed by atoms with E-state index in [1.165, 1.54) is 10.4 Å².